The van der Waals surface area contributed by atoms with Gasteiger partial charge in [-0.3, -0.25) is 4.68 Å². The molecule has 0 unspecified atom stereocenters. The van der Waals surface area contributed by atoms with E-state index in [-0.39, 0.29) is 0 Å². The lowest BCUT2D eigenvalue weighted by Gasteiger charge is -2.08. The number of aryl methyl sites for hydroxylation is 1. The predicted octanol–water partition coefficient (Wildman–Crippen LogP) is 3.87. The summed E-state index contributed by atoms with van der Waals surface area (Å²) in [5.41, 5.74) is 2.47. The third-order valence-corrected chi connectivity index (χ3v) is 3.74. The first-order valence-corrected chi connectivity index (χ1v) is 6.61. The maximum Gasteiger partial charge on any atom is 0.0998 e. The molecule has 0 saturated heterocycles. The third kappa shape index (κ3) is 1.92. The van der Waals surface area contributed by atoms with E-state index in [1.165, 1.54) is 0 Å². The van der Waals surface area contributed by atoms with Gasteiger partial charge in [-0.05, 0) is 38.8 Å². The molecule has 0 aliphatic carbocycles. The van der Waals surface area contributed by atoms with Gasteiger partial charge in [0.05, 0.1) is 28.0 Å². The molecule has 3 aromatic rings. The molecule has 0 aliphatic heterocycles. The first kappa shape index (κ1) is 11.9. The lowest BCUT2D eigenvalue weighted by molar-refractivity contribution is 0.775. The van der Waals surface area contributed by atoms with Crippen LogP contribution in [0.1, 0.15) is 5.56 Å². The molecule has 3 nitrogen and oxygen atoms in total. The van der Waals surface area contributed by atoms with E-state index in [1.54, 1.807) is 10.9 Å². The smallest absolute Gasteiger partial charge is 0.0998 e. The average molecular weight is 312 g/mol. The van der Waals surface area contributed by atoms with Crippen LogP contribution in [-0.4, -0.2) is 9.78 Å². The van der Waals surface area contributed by atoms with Gasteiger partial charge in [-0.15, -0.1) is 0 Å². The van der Waals surface area contributed by atoms with E-state index in [2.05, 4.69) is 27.1 Å². The van der Waals surface area contributed by atoms with Crippen molar-refractivity contribution in [2.45, 2.75) is 0 Å². The van der Waals surface area contributed by atoms with E-state index in [0.717, 1.165) is 26.5 Å². The first-order chi connectivity index (χ1) is 9.20. The van der Waals surface area contributed by atoms with Crippen LogP contribution >= 0.6 is 15.9 Å². The lowest BCUT2D eigenvalue weighted by atomic mass is 9.99. The number of halogens is 1. The topological polar surface area (TPSA) is 41.6 Å². The Kier molecular flexibility index (Phi) is 2.84. The van der Waals surface area contributed by atoms with Gasteiger partial charge >= 0.3 is 0 Å². The third-order valence-electron chi connectivity index (χ3n) is 3.16. The second kappa shape index (κ2) is 4.52. The Balaban J connectivity index is 2.38. The maximum atomic E-state index is 9.36. The van der Waals surface area contributed by atoms with Gasteiger partial charge in [0.1, 0.15) is 0 Å². The molecular weight excluding hydrogens is 302 g/mol. The van der Waals surface area contributed by atoms with Crippen LogP contribution in [0.25, 0.3) is 22.0 Å². The van der Waals surface area contributed by atoms with Crippen molar-refractivity contribution in [2.75, 3.05) is 0 Å². The van der Waals surface area contributed by atoms with E-state index >= 15 is 0 Å². The van der Waals surface area contributed by atoms with Gasteiger partial charge in [-0.25, -0.2) is 0 Å². The number of fused-ring (bicyclic) bond motifs is 1. The molecule has 19 heavy (non-hydrogen) atoms. The Hall–Kier alpha value is -2.12. The highest BCUT2D eigenvalue weighted by Gasteiger charge is 2.14. The zero-order valence-electron chi connectivity index (χ0n) is 10.3. The van der Waals surface area contributed by atoms with E-state index < -0.39 is 0 Å². The van der Waals surface area contributed by atoms with Crippen molar-refractivity contribution in [1.82, 2.24) is 9.78 Å². The largest absolute Gasteiger partial charge is 0.267 e. The Bertz CT molecular complexity index is 792. The Labute approximate surface area is 119 Å². The molecule has 2 aromatic carbocycles. The van der Waals surface area contributed by atoms with E-state index in [1.807, 2.05) is 43.4 Å². The summed E-state index contributed by atoms with van der Waals surface area (Å²) in [6.45, 7) is 0. The summed E-state index contributed by atoms with van der Waals surface area (Å²) < 4.78 is 2.66. The van der Waals surface area contributed by atoms with Crippen molar-refractivity contribution in [1.29, 1.82) is 5.26 Å². The van der Waals surface area contributed by atoms with E-state index in [4.69, 9.17) is 0 Å². The van der Waals surface area contributed by atoms with Gasteiger partial charge in [0.25, 0.3) is 0 Å². The summed E-state index contributed by atoms with van der Waals surface area (Å²) in [7, 11) is 1.87. The lowest BCUT2D eigenvalue weighted by Crippen LogP contribution is -1.96. The molecule has 1 heterocycles. The van der Waals surface area contributed by atoms with Crippen molar-refractivity contribution in [2.24, 2.45) is 7.05 Å². The van der Waals surface area contributed by atoms with Crippen molar-refractivity contribution in [3.63, 3.8) is 0 Å². The van der Waals surface area contributed by atoms with Crippen LogP contribution in [-0.2, 0) is 7.05 Å². The molecule has 0 bridgehead atoms. The molecule has 3 rings (SSSR count). The molecule has 0 spiro atoms. The maximum absolute atomic E-state index is 9.36. The molecular formula is C15H10BrN3. The van der Waals surface area contributed by atoms with Gasteiger partial charge in [0, 0.05) is 12.6 Å². The summed E-state index contributed by atoms with van der Waals surface area (Å²) >= 11 is 3.49. The highest BCUT2D eigenvalue weighted by molar-refractivity contribution is 9.10. The van der Waals surface area contributed by atoms with Crippen LogP contribution in [0.3, 0.4) is 0 Å². The summed E-state index contributed by atoms with van der Waals surface area (Å²) in [5, 5.41) is 15.8. The SMILES string of the molecule is Cn1ncc(Br)c1-c1cc2ccccc2cc1C#N. The van der Waals surface area contributed by atoms with Crippen LogP contribution < -0.4 is 0 Å². The van der Waals surface area contributed by atoms with Crippen LogP contribution in [0.5, 0.6) is 0 Å². The molecule has 1 aromatic heterocycles. The van der Waals surface area contributed by atoms with Crippen LogP contribution in [0.4, 0.5) is 0 Å². The van der Waals surface area contributed by atoms with Crippen molar-refractivity contribution < 1.29 is 0 Å². The number of hydrogen-bond acceptors (Lipinski definition) is 2. The summed E-state index contributed by atoms with van der Waals surface area (Å²) in [5.74, 6) is 0. The zero-order valence-corrected chi connectivity index (χ0v) is 11.8. The summed E-state index contributed by atoms with van der Waals surface area (Å²) in [6.07, 6.45) is 1.74. The van der Waals surface area contributed by atoms with Crippen LogP contribution in [0.15, 0.2) is 47.1 Å². The molecule has 92 valence electrons. The molecule has 0 amide bonds. The van der Waals surface area contributed by atoms with Crippen molar-refractivity contribution >= 4 is 26.7 Å². The fraction of sp³-hybridized carbons (Fsp3) is 0.0667. The number of nitriles is 1. The van der Waals surface area contributed by atoms with Gasteiger partial charge in [0.15, 0.2) is 0 Å². The molecule has 0 N–H and O–H groups in total. The Morgan fingerprint density at radius 1 is 1.21 bits per heavy atom. The molecule has 0 fully saturated rings. The molecule has 0 aliphatic rings. The highest BCUT2D eigenvalue weighted by Crippen LogP contribution is 2.32. The quantitative estimate of drug-likeness (QED) is 0.684. The Morgan fingerprint density at radius 3 is 2.47 bits per heavy atom. The fourth-order valence-corrected chi connectivity index (χ4v) is 2.80. The van der Waals surface area contributed by atoms with E-state index in [9.17, 15) is 5.26 Å². The van der Waals surface area contributed by atoms with Crippen molar-refractivity contribution in [3.05, 3.63) is 52.6 Å². The standard InChI is InChI=1S/C15H10BrN3/c1-19-15(14(16)9-18-19)13-7-11-5-3-2-4-10(11)6-12(13)8-17/h2-7,9H,1H3. The second-order valence-corrected chi connectivity index (χ2v) is 5.18. The summed E-state index contributed by atoms with van der Waals surface area (Å²) in [6, 6.07) is 14.3. The second-order valence-electron chi connectivity index (χ2n) is 4.32. The number of rotatable bonds is 1. The monoisotopic (exact) mass is 311 g/mol. The fourth-order valence-electron chi connectivity index (χ4n) is 2.24. The molecule has 0 atom stereocenters. The normalized spacial score (nSPS) is 10.6. The Morgan fingerprint density at radius 2 is 1.89 bits per heavy atom. The van der Waals surface area contributed by atoms with Crippen LogP contribution in [0, 0.1) is 11.3 Å². The first-order valence-electron chi connectivity index (χ1n) is 5.81. The predicted molar refractivity (Wildman–Crippen MR) is 78.6 cm³/mol. The van der Waals surface area contributed by atoms with Crippen molar-refractivity contribution in [3.8, 4) is 17.3 Å². The van der Waals surface area contributed by atoms with Gasteiger partial charge in [0.2, 0.25) is 0 Å². The van der Waals surface area contributed by atoms with Gasteiger partial charge < -0.3 is 0 Å². The van der Waals surface area contributed by atoms with Gasteiger partial charge in [-0.2, -0.15) is 10.4 Å². The summed E-state index contributed by atoms with van der Waals surface area (Å²) in [4.78, 5) is 0. The number of hydrogen-bond donors (Lipinski definition) is 0. The zero-order chi connectivity index (χ0) is 13.4. The number of aromatic nitrogens is 2. The highest BCUT2D eigenvalue weighted by atomic mass is 79.9. The average Bonchev–Trinajstić information content (AvgIpc) is 2.76. The van der Waals surface area contributed by atoms with Crippen LogP contribution in [0.2, 0.25) is 0 Å². The van der Waals surface area contributed by atoms with Gasteiger partial charge in [-0.1, -0.05) is 24.3 Å². The minimum atomic E-state index is 0.656. The molecule has 0 radical (unpaired) electrons. The minimum Gasteiger partial charge on any atom is -0.267 e. The minimum absolute atomic E-state index is 0.656. The molecule has 0 saturated carbocycles. The molecule has 4 heteroatoms. The van der Waals surface area contributed by atoms with E-state index in [0.29, 0.717) is 5.56 Å². The number of benzene rings is 2. The number of nitrogens with zero attached hydrogens (tertiary/aromatic N) is 3.